The number of carbonyl (C=O) groups is 3. The molecule has 0 saturated carbocycles. The minimum absolute atomic E-state index is 0.0646. The van der Waals surface area contributed by atoms with Gasteiger partial charge in [0.2, 0.25) is 11.8 Å². The Morgan fingerprint density at radius 2 is 1.96 bits per heavy atom. The molecule has 6 heteroatoms. The summed E-state index contributed by atoms with van der Waals surface area (Å²) in [6, 6.07) is 14.3. The van der Waals surface area contributed by atoms with Crippen LogP contribution in [-0.2, 0) is 9.59 Å². The molecule has 0 spiro atoms. The van der Waals surface area contributed by atoms with Gasteiger partial charge in [-0.15, -0.1) is 11.8 Å². The third-order valence-corrected chi connectivity index (χ3v) is 4.91. The molecule has 3 rings (SSSR count). The first kappa shape index (κ1) is 16.3. The van der Waals surface area contributed by atoms with Crippen LogP contribution in [0.3, 0.4) is 0 Å². The van der Waals surface area contributed by atoms with Crippen LogP contribution in [0.25, 0.3) is 0 Å². The number of hydrogen-bond donors (Lipinski definition) is 2. The van der Waals surface area contributed by atoms with Gasteiger partial charge in [-0.05, 0) is 31.2 Å². The van der Waals surface area contributed by atoms with Crippen LogP contribution in [0.5, 0.6) is 0 Å². The lowest BCUT2D eigenvalue weighted by molar-refractivity contribution is -0.120. The number of carbonyl (C=O) groups excluding carboxylic acids is 3. The van der Waals surface area contributed by atoms with E-state index in [4.69, 9.17) is 0 Å². The summed E-state index contributed by atoms with van der Waals surface area (Å²) < 4.78 is 0. The van der Waals surface area contributed by atoms with E-state index in [9.17, 15) is 14.4 Å². The van der Waals surface area contributed by atoms with Gasteiger partial charge in [0.15, 0.2) is 5.78 Å². The third-order valence-electron chi connectivity index (χ3n) is 3.63. The Morgan fingerprint density at radius 3 is 2.75 bits per heavy atom. The van der Waals surface area contributed by atoms with E-state index in [1.807, 2.05) is 24.3 Å². The van der Waals surface area contributed by atoms with Crippen molar-refractivity contribution in [2.24, 2.45) is 0 Å². The number of nitrogens with one attached hydrogen (secondary N) is 2. The largest absolute Gasteiger partial charge is 0.326 e. The van der Waals surface area contributed by atoms with Gasteiger partial charge in [-0.2, -0.15) is 0 Å². The average Bonchev–Trinajstić information content (AvgIpc) is 2.55. The molecule has 122 valence electrons. The van der Waals surface area contributed by atoms with Gasteiger partial charge in [-0.3, -0.25) is 14.4 Å². The van der Waals surface area contributed by atoms with Gasteiger partial charge in [0.1, 0.15) is 0 Å². The normalized spacial score (nSPS) is 16.0. The number of anilines is 2. The molecule has 2 amide bonds. The average molecular weight is 340 g/mol. The third kappa shape index (κ3) is 3.65. The minimum Gasteiger partial charge on any atom is -0.326 e. The number of benzene rings is 2. The lowest BCUT2D eigenvalue weighted by atomic mass is 10.1. The van der Waals surface area contributed by atoms with Gasteiger partial charge in [0, 0.05) is 22.6 Å². The molecule has 0 aromatic heterocycles. The van der Waals surface area contributed by atoms with Crippen molar-refractivity contribution in [1.29, 1.82) is 0 Å². The molecular weight excluding hydrogens is 324 g/mol. The van der Waals surface area contributed by atoms with E-state index in [0.717, 1.165) is 10.6 Å². The SMILES string of the molecule is CC(=O)c1cccc(NC(=O)CC2Sc3ccccc3NC2=O)c1. The van der Waals surface area contributed by atoms with E-state index in [0.29, 0.717) is 11.3 Å². The molecule has 5 nitrogen and oxygen atoms in total. The summed E-state index contributed by atoms with van der Waals surface area (Å²) in [5, 5.41) is 5.09. The first-order valence-corrected chi connectivity index (χ1v) is 8.38. The van der Waals surface area contributed by atoms with Gasteiger partial charge in [0.05, 0.1) is 10.9 Å². The van der Waals surface area contributed by atoms with Gasteiger partial charge in [0.25, 0.3) is 0 Å². The fourth-order valence-corrected chi connectivity index (χ4v) is 3.53. The molecule has 1 unspecified atom stereocenters. The second kappa shape index (κ2) is 6.88. The summed E-state index contributed by atoms with van der Waals surface area (Å²) >= 11 is 1.39. The number of fused-ring (bicyclic) bond motifs is 1. The highest BCUT2D eigenvalue weighted by molar-refractivity contribution is 8.01. The molecule has 0 fully saturated rings. The molecule has 1 aliphatic heterocycles. The van der Waals surface area contributed by atoms with Crippen molar-refractivity contribution in [1.82, 2.24) is 0 Å². The molecular formula is C18H16N2O3S. The zero-order valence-electron chi connectivity index (χ0n) is 13.0. The summed E-state index contributed by atoms with van der Waals surface area (Å²) in [6.07, 6.45) is 0.0646. The topological polar surface area (TPSA) is 75.3 Å². The lowest BCUT2D eigenvalue weighted by Crippen LogP contribution is -2.32. The molecule has 1 atom stereocenters. The number of amides is 2. The second-order valence-electron chi connectivity index (χ2n) is 5.48. The number of para-hydroxylation sites is 1. The molecule has 0 aliphatic carbocycles. The lowest BCUT2D eigenvalue weighted by Gasteiger charge is -2.23. The van der Waals surface area contributed by atoms with Crippen molar-refractivity contribution in [3.63, 3.8) is 0 Å². The number of ketones is 1. The zero-order chi connectivity index (χ0) is 17.1. The highest BCUT2D eigenvalue weighted by atomic mass is 32.2. The Kier molecular flexibility index (Phi) is 4.66. The monoisotopic (exact) mass is 340 g/mol. The van der Waals surface area contributed by atoms with Crippen LogP contribution in [-0.4, -0.2) is 22.8 Å². The van der Waals surface area contributed by atoms with Crippen molar-refractivity contribution in [2.75, 3.05) is 10.6 Å². The predicted octanol–water partition coefficient (Wildman–Crippen LogP) is 3.33. The first-order valence-electron chi connectivity index (χ1n) is 7.50. The van der Waals surface area contributed by atoms with E-state index < -0.39 is 5.25 Å². The smallest absolute Gasteiger partial charge is 0.238 e. The molecule has 1 aliphatic rings. The van der Waals surface area contributed by atoms with Crippen molar-refractivity contribution in [2.45, 2.75) is 23.5 Å². The van der Waals surface area contributed by atoms with Crippen molar-refractivity contribution in [3.8, 4) is 0 Å². The Balaban J connectivity index is 1.66. The van der Waals surface area contributed by atoms with E-state index in [-0.39, 0.29) is 24.0 Å². The van der Waals surface area contributed by atoms with Crippen molar-refractivity contribution in [3.05, 3.63) is 54.1 Å². The number of rotatable bonds is 4. The van der Waals surface area contributed by atoms with Crippen LogP contribution in [0.2, 0.25) is 0 Å². The first-order chi connectivity index (χ1) is 11.5. The summed E-state index contributed by atoms with van der Waals surface area (Å²) in [7, 11) is 0. The minimum atomic E-state index is -0.476. The van der Waals surface area contributed by atoms with Crippen LogP contribution in [0.1, 0.15) is 23.7 Å². The molecule has 2 N–H and O–H groups in total. The summed E-state index contributed by atoms with van der Waals surface area (Å²) in [5.74, 6) is -0.501. The Morgan fingerprint density at radius 1 is 1.17 bits per heavy atom. The van der Waals surface area contributed by atoms with Gasteiger partial charge >= 0.3 is 0 Å². The molecule has 24 heavy (non-hydrogen) atoms. The molecule has 0 saturated heterocycles. The maximum absolute atomic E-state index is 12.2. The van der Waals surface area contributed by atoms with Crippen LogP contribution in [0.15, 0.2) is 53.4 Å². The molecule has 0 bridgehead atoms. The van der Waals surface area contributed by atoms with Crippen LogP contribution >= 0.6 is 11.8 Å². The van der Waals surface area contributed by atoms with Crippen LogP contribution < -0.4 is 10.6 Å². The van der Waals surface area contributed by atoms with Crippen molar-refractivity contribution < 1.29 is 14.4 Å². The molecule has 1 heterocycles. The number of hydrogen-bond acceptors (Lipinski definition) is 4. The van der Waals surface area contributed by atoms with E-state index in [1.54, 1.807) is 24.3 Å². The Hall–Kier alpha value is -2.60. The van der Waals surface area contributed by atoms with E-state index in [2.05, 4.69) is 10.6 Å². The highest BCUT2D eigenvalue weighted by Crippen LogP contribution is 2.36. The number of thioether (sulfide) groups is 1. The van der Waals surface area contributed by atoms with E-state index >= 15 is 0 Å². The molecule has 0 radical (unpaired) electrons. The summed E-state index contributed by atoms with van der Waals surface area (Å²) in [4.78, 5) is 36.7. The summed E-state index contributed by atoms with van der Waals surface area (Å²) in [5.41, 5.74) is 1.86. The molecule has 2 aromatic rings. The Bertz CT molecular complexity index is 819. The predicted molar refractivity (Wildman–Crippen MR) is 94.4 cm³/mol. The van der Waals surface area contributed by atoms with Gasteiger partial charge in [-0.1, -0.05) is 24.3 Å². The molecule has 2 aromatic carbocycles. The van der Waals surface area contributed by atoms with Gasteiger partial charge in [-0.25, -0.2) is 0 Å². The Labute approximate surface area is 143 Å². The number of Topliss-reactive ketones (excluding diaryl/α,β-unsaturated/α-hetero) is 1. The van der Waals surface area contributed by atoms with E-state index in [1.165, 1.54) is 18.7 Å². The van der Waals surface area contributed by atoms with Crippen LogP contribution in [0, 0.1) is 0 Å². The zero-order valence-corrected chi connectivity index (χ0v) is 13.9. The van der Waals surface area contributed by atoms with Crippen molar-refractivity contribution >= 4 is 40.7 Å². The standard InChI is InChI=1S/C18H16N2O3S/c1-11(21)12-5-4-6-13(9-12)19-17(22)10-16-18(23)20-14-7-2-3-8-15(14)24-16/h2-9,16H,10H2,1H3,(H,19,22)(H,20,23). The fraction of sp³-hybridized carbons (Fsp3) is 0.167. The quantitative estimate of drug-likeness (QED) is 0.837. The highest BCUT2D eigenvalue weighted by Gasteiger charge is 2.28. The maximum atomic E-state index is 12.2. The van der Waals surface area contributed by atoms with Gasteiger partial charge < -0.3 is 10.6 Å². The maximum Gasteiger partial charge on any atom is 0.238 e. The van der Waals surface area contributed by atoms with Crippen LogP contribution in [0.4, 0.5) is 11.4 Å². The fourth-order valence-electron chi connectivity index (χ4n) is 2.42. The second-order valence-corrected chi connectivity index (χ2v) is 6.73. The summed E-state index contributed by atoms with van der Waals surface area (Å²) in [6.45, 7) is 1.47.